The van der Waals surface area contributed by atoms with Crippen LogP contribution in [0.2, 0.25) is 0 Å². The molecule has 0 N–H and O–H groups in total. The highest BCUT2D eigenvalue weighted by atomic mass is 16.5. The van der Waals surface area contributed by atoms with Crippen molar-refractivity contribution in [2.24, 2.45) is 0 Å². The molecule has 1 fully saturated rings. The van der Waals surface area contributed by atoms with E-state index in [0.29, 0.717) is 11.3 Å². The lowest BCUT2D eigenvalue weighted by Gasteiger charge is -2.36. The first-order chi connectivity index (χ1) is 14.6. The van der Waals surface area contributed by atoms with Crippen LogP contribution in [0.1, 0.15) is 71.8 Å². The van der Waals surface area contributed by atoms with Crippen LogP contribution in [0.3, 0.4) is 0 Å². The van der Waals surface area contributed by atoms with E-state index < -0.39 is 0 Å². The first-order valence-electron chi connectivity index (χ1n) is 10.7. The van der Waals surface area contributed by atoms with E-state index in [1.54, 1.807) is 0 Å². The van der Waals surface area contributed by atoms with E-state index in [4.69, 9.17) is 9.51 Å². The number of carbonyl (C=O) groups excluding carboxylic acids is 1. The van der Waals surface area contributed by atoms with Crippen molar-refractivity contribution in [1.29, 1.82) is 0 Å². The number of amides is 1. The van der Waals surface area contributed by atoms with Gasteiger partial charge in [0.25, 0.3) is 5.91 Å². The fraction of sp³-hybridized carbons (Fsp3) is 0.417. The fourth-order valence-electron chi connectivity index (χ4n) is 4.08. The Balaban J connectivity index is 1.80. The molecule has 4 rings (SSSR count). The normalized spacial score (nSPS) is 16.6. The number of benzene rings is 1. The van der Waals surface area contributed by atoms with E-state index in [1.807, 2.05) is 55.3 Å². The van der Waals surface area contributed by atoms with Gasteiger partial charge < -0.3 is 9.42 Å². The summed E-state index contributed by atoms with van der Waals surface area (Å²) >= 11 is 0. The van der Waals surface area contributed by atoms with Crippen molar-refractivity contribution in [1.82, 2.24) is 20.0 Å². The summed E-state index contributed by atoms with van der Waals surface area (Å²) in [5.74, 6) is 1.55. The Morgan fingerprint density at radius 3 is 2.70 bits per heavy atom. The number of likely N-dealkylation sites (tertiary alicyclic amines) is 1. The molecule has 30 heavy (non-hydrogen) atoms. The number of hydrogen-bond donors (Lipinski definition) is 0. The number of rotatable bonds is 5. The molecule has 1 amide bonds. The molecule has 1 aliphatic rings. The molecule has 156 valence electrons. The summed E-state index contributed by atoms with van der Waals surface area (Å²) < 4.78 is 5.66. The second kappa shape index (κ2) is 8.78. The van der Waals surface area contributed by atoms with Crippen LogP contribution in [0.15, 0.2) is 41.1 Å². The molecule has 0 radical (unpaired) electrons. The average Bonchev–Trinajstić information content (AvgIpc) is 3.12. The van der Waals surface area contributed by atoms with Gasteiger partial charge in [-0.1, -0.05) is 30.3 Å². The van der Waals surface area contributed by atoms with E-state index in [0.717, 1.165) is 67.0 Å². The zero-order valence-corrected chi connectivity index (χ0v) is 17.9. The first-order valence-corrected chi connectivity index (χ1v) is 10.7. The number of piperidine rings is 1. The summed E-state index contributed by atoms with van der Waals surface area (Å²) in [6.07, 6.45) is 6.56. The van der Waals surface area contributed by atoms with Gasteiger partial charge in [-0.2, -0.15) is 0 Å². The monoisotopic (exact) mass is 404 g/mol. The van der Waals surface area contributed by atoms with Crippen molar-refractivity contribution in [3.8, 4) is 11.3 Å². The molecular weight excluding hydrogens is 376 g/mol. The molecule has 0 spiro atoms. The molecule has 1 aromatic carbocycles. The van der Waals surface area contributed by atoms with Gasteiger partial charge in [-0.3, -0.25) is 4.79 Å². The van der Waals surface area contributed by atoms with Gasteiger partial charge in [0.05, 0.1) is 23.0 Å². The molecule has 0 saturated carbocycles. The molecular formula is C24H28N4O2. The maximum atomic E-state index is 13.4. The van der Waals surface area contributed by atoms with Gasteiger partial charge in [-0.05, 0) is 51.7 Å². The highest BCUT2D eigenvalue weighted by molar-refractivity contribution is 5.94. The highest BCUT2D eigenvalue weighted by Crippen LogP contribution is 2.38. The first kappa shape index (κ1) is 20.3. The van der Waals surface area contributed by atoms with Gasteiger partial charge in [0.15, 0.2) is 5.76 Å². The largest absolute Gasteiger partial charge is 0.356 e. The second-order valence-electron chi connectivity index (χ2n) is 7.93. The summed E-state index contributed by atoms with van der Waals surface area (Å²) in [5, 5.41) is 4.13. The van der Waals surface area contributed by atoms with Crippen LogP contribution >= 0.6 is 0 Å². The molecule has 3 aromatic rings. The number of hydrogen-bond acceptors (Lipinski definition) is 5. The van der Waals surface area contributed by atoms with Crippen molar-refractivity contribution in [3.63, 3.8) is 0 Å². The highest BCUT2D eigenvalue weighted by Gasteiger charge is 2.33. The Kier molecular flexibility index (Phi) is 5.93. The van der Waals surface area contributed by atoms with Crippen LogP contribution in [0, 0.1) is 13.8 Å². The van der Waals surface area contributed by atoms with E-state index >= 15 is 0 Å². The zero-order chi connectivity index (χ0) is 21.1. The number of aryl methyl sites for hydroxylation is 2. The van der Waals surface area contributed by atoms with Crippen LogP contribution < -0.4 is 0 Å². The van der Waals surface area contributed by atoms with Crippen molar-refractivity contribution in [3.05, 3.63) is 64.9 Å². The Labute approximate surface area is 177 Å². The number of nitrogens with zero attached hydrogens (tertiary/aromatic N) is 4. The third kappa shape index (κ3) is 3.86. The third-order valence-electron chi connectivity index (χ3n) is 5.84. The molecule has 6 nitrogen and oxygen atoms in total. The molecule has 3 heterocycles. The van der Waals surface area contributed by atoms with Crippen molar-refractivity contribution < 1.29 is 9.32 Å². The Morgan fingerprint density at radius 1 is 1.20 bits per heavy atom. The van der Waals surface area contributed by atoms with Crippen molar-refractivity contribution >= 4 is 5.91 Å². The maximum absolute atomic E-state index is 13.4. The molecule has 6 heteroatoms. The van der Waals surface area contributed by atoms with Crippen LogP contribution in [-0.4, -0.2) is 32.5 Å². The van der Waals surface area contributed by atoms with Crippen LogP contribution in [0.4, 0.5) is 0 Å². The van der Waals surface area contributed by atoms with Crippen molar-refractivity contribution in [2.45, 2.75) is 58.9 Å². The predicted octanol–water partition coefficient (Wildman–Crippen LogP) is 5.07. The Hall–Kier alpha value is -3.02. The number of carbonyl (C=O) groups is 1. The van der Waals surface area contributed by atoms with Gasteiger partial charge in [0.2, 0.25) is 0 Å². The SMILES string of the molecule is CCCc1ncc(-c2onc(C)c2C)c([C@H]2CCCCN2C(=O)c2ccccc2)n1. The lowest BCUT2D eigenvalue weighted by molar-refractivity contribution is 0.0606. The van der Waals surface area contributed by atoms with E-state index in [-0.39, 0.29) is 11.9 Å². The second-order valence-corrected chi connectivity index (χ2v) is 7.93. The molecule has 0 unspecified atom stereocenters. The lowest BCUT2D eigenvalue weighted by Crippen LogP contribution is -2.39. The molecule has 0 aliphatic carbocycles. The van der Waals surface area contributed by atoms with Gasteiger partial charge in [-0.15, -0.1) is 0 Å². The number of aromatic nitrogens is 3. The molecule has 1 saturated heterocycles. The topological polar surface area (TPSA) is 72.1 Å². The maximum Gasteiger partial charge on any atom is 0.254 e. The van der Waals surface area contributed by atoms with E-state index in [2.05, 4.69) is 17.1 Å². The summed E-state index contributed by atoms with van der Waals surface area (Å²) in [6.45, 7) is 6.77. The fourth-order valence-corrected chi connectivity index (χ4v) is 4.08. The Bertz CT molecular complexity index is 1030. The smallest absolute Gasteiger partial charge is 0.254 e. The minimum absolute atomic E-state index is 0.0485. The quantitative estimate of drug-likeness (QED) is 0.594. The molecule has 1 aliphatic heterocycles. The minimum atomic E-state index is -0.107. The van der Waals surface area contributed by atoms with Crippen LogP contribution in [0.5, 0.6) is 0 Å². The molecule has 2 aromatic heterocycles. The van der Waals surface area contributed by atoms with Gasteiger partial charge in [-0.25, -0.2) is 9.97 Å². The van der Waals surface area contributed by atoms with Crippen LogP contribution in [0.25, 0.3) is 11.3 Å². The lowest BCUT2D eigenvalue weighted by atomic mass is 9.94. The summed E-state index contributed by atoms with van der Waals surface area (Å²) in [7, 11) is 0. The summed E-state index contributed by atoms with van der Waals surface area (Å²) in [6, 6.07) is 9.39. The standard InChI is InChI=1S/C24H28N4O2/c1-4-10-21-25-15-19(23-16(2)17(3)27-30-23)22(26-21)20-13-8-9-14-28(20)24(29)18-11-6-5-7-12-18/h5-7,11-12,15,20H,4,8-10,13-14H2,1-3H3/t20-/m1/s1. The predicted molar refractivity (Wildman–Crippen MR) is 115 cm³/mol. The average molecular weight is 405 g/mol. The van der Waals surface area contributed by atoms with Gasteiger partial charge in [0, 0.05) is 30.3 Å². The minimum Gasteiger partial charge on any atom is -0.356 e. The summed E-state index contributed by atoms with van der Waals surface area (Å²) in [5.41, 5.74) is 4.26. The Morgan fingerprint density at radius 2 is 2.00 bits per heavy atom. The van der Waals surface area contributed by atoms with E-state index in [1.165, 1.54) is 0 Å². The van der Waals surface area contributed by atoms with Gasteiger partial charge in [0.1, 0.15) is 5.82 Å². The third-order valence-corrected chi connectivity index (χ3v) is 5.84. The molecule has 0 bridgehead atoms. The zero-order valence-electron chi connectivity index (χ0n) is 17.9. The van der Waals surface area contributed by atoms with Crippen molar-refractivity contribution in [2.75, 3.05) is 6.54 Å². The summed E-state index contributed by atoms with van der Waals surface area (Å²) in [4.78, 5) is 24.9. The van der Waals surface area contributed by atoms with E-state index in [9.17, 15) is 4.79 Å². The van der Waals surface area contributed by atoms with Crippen LogP contribution in [-0.2, 0) is 6.42 Å². The molecule has 1 atom stereocenters. The van der Waals surface area contributed by atoms with Gasteiger partial charge >= 0.3 is 0 Å².